The van der Waals surface area contributed by atoms with Crippen molar-refractivity contribution in [3.8, 4) is 0 Å². The van der Waals surface area contributed by atoms with Crippen LogP contribution in [0.2, 0.25) is 0 Å². The highest BCUT2D eigenvalue weighted by Crippen LogP contribution is 2.16. The number of halogens is 2. The minimum absolute atomic E-state index is 0.155. The Balaban J connectivity index is 2.02. The lowest BCUT2D eigenvalue weighted by molar-refractivity contribution is 0.355. The van der Waals surface area contributed by atoms with Gasteiger partial charge < -0.3 is 5.32 Å². The van der Waals surface area contributed by atoms with Gasteiger partial charge in [-0.05, 0) is 37.0 Å². The first-order chi connectivity index (χ1) is 7.15. The smallest absolute Gasteiger partial charge is 0.126 e. The predicted octanol–water partition coefficient (Wildman–Crippen LogP) is 2.38. The zero-order valence-electron chi connectivity index (χ0n) is 8.76. The van der Waals surface area contributed by atoms with Crippen LogP contribution in [0, 0.1) is 12.7 Å². The molecular formula is C12H15F2N. The van der Waals surface area contributed by atoms with E-state index in [1.54, 1.807) is 19.1 Å². The van der Waals surface area contributed by atoms with E-state index in [-0.39, 0.29) is 11.9 Å². The van der Waals surface area contributed by atoms with E-state index in [9.17, 15) is 8.78 Å². The maximum absolute atomic E-state index is 13.2. The first-order valence-electron chi connectivity index (χ1n) is 5.27. The van der Waals surface area contributed by atoms with Crippen LogP contribution in [0.15, 0.2) is 18.2 Å². The van der Waals surface area contributed by atoms with Crippen molar-refractivity contribution in [2.45, 2.75) is 32.0 Å². The molecule has 1 nitrogen and oxygen atoms in total. The van der Waals surface area contributed by atoms with Crippen molar-refractivity contribution in [2.24, 2.45) is 0 Å². The largest absolute Gasteiger partial charge is 0.311 e. The molecule has 1 aliphatic rings. The topological polar surface area (TPSA) is 12.0 Å². The molecule has 1 aromatic carbocycles. The van der Waals surface area contributed by atoms with Crippen molar-refractivity contribution in [3.63, 3.8) is 0 Å². The molecule has 0 bridgehead atoms. The second-order valence-electron chi connectivity index (χ2n) is 4.23. The molecule has 1 saturated heterocycles. The fourth-order valence-corrected chi connectivity index (χ4v) is 1.97. The highest BCUT2D eigenvalue weighted by atomic mass is 19.1. The van der Waals surface area contributed by atoms with Gasteiger partial charge >= 0.3 is 0 Å². The molecule has 15 heavy (non-hydrogen) atoms. The highest BCUT2D eigenvalue weighted by molar-refractivity contribution is 5.24. The Morgan fingerprint density at radius 3 is 2.87 bits per heavy atom. The zero-order valence-corrected chi connectivity index (χ0v) is 8.76. The molecule has 1 aromatic rings. The third-order valence-corrected chi connectivity index (χ3v) is 2.89. The molecular weight excluding hydrogens is 196 g/mol. The van der Waals surface area contributed by atoms with Gasteiger partial charge in [-0.25, -0.2) is 8.78 Å². The van der Waals surface area contributed by atoms with Crippen molar-refractivity contribution in [3.05, 3.63) is 35.1 Å². The molecule has 1 aliphatic heterocycles. The average molecular weight is 211 g/mol. The summed E-state index contributed by atoms with van der Waals surface area (Å²) in [6.45, 7) is 2.17. The Bertz CT molecular complexity index is 351. The Hall–Kier alpha value is -0.960. The van der Waals surface area contributed by atoms with E-state index in [1.807, 2.05) is 6.07 Å². The average Bonchev–Trinajstić information content (AvgIpc) is 2.58. The summed E-state index contributed by atoms with van der Waals surface area (Å²) in [7, 11) is 0. The third-order valence-electron chi connectivity index (χ3n) is 2.89. The minimum Gasteiger partial charge on any atom is -0.311 e. The summed E-state index contributed by atoms with van der Waals surface area (Å²) in [5, 5.41) is 3.09. The van der Waals surface area contributed by atoms with E-state index in [0.717, 1.165) is 5.56 Å². The van der Waals surface area contributed by atoms with Gasteiger partial charge in [-0.3, -0.25) is 0 Å². The van der Waals surface area contributed by atoms with Crippen molar-refractivity contribution >= 4 is 0 Å². The first kappa shape index (κ1) is 10.6. The summed E-state index contributed by atoms with van der Waals surface area (Å²) >= 11 is 0. The van der Waals surface area contributed by atoms with Gasteiger partial charge in [0.2, 0.25) is 0 Å². The number of rotatable bonds is 2. The number of alkyl halides is 1. The van der Waals surface area contributed by atoms with E-state index in [1.165, 1.54) is 0 Å². The van der Waals surface area contributed by atoms with E-state index >= 15 is 0 Å². The van der Waals surface area contributed by atoms with Gasteiger partial charge in [0.05, 0.1) is 0 Å². The van der Waals surface area contributed by atoms with Gasteiger partial charge in [0.25, 0.3) is 0 Å². The molecule has 0 aliphatic carbocycles. The summed E-state index contributed by atoms with van der Waals surface area (Å²) in [4.78, 5) is 0. The van der Waals surface area contributed by atoms with Crippen LogP contribution in [0.25, 0.3) is 0 Å². The number of hydrogen-bond donors (Lipinski definition) is 1. The monoisotopic (exact) mass is 211 g/mol. The Labute approximate surface area is 88.5 Å². The lowest BCUT2D eigenvalue weighted by Crippen LogP contribution is -2.23. The summed E-state index contributed by atoms with van der Waals surface area (Å²) < 4.78 is 26.1. The maximum Gasteiger partial charge on any atom is 0.126 e. The van der Waals surface area contributed by atoms with Crippen molar-refractivity contribution in [1.29, 1.82) is 0 Å². The Morgan fingerprint density at radius 2 is 2.27 bits per heavy atom. The SMILES string of the molecule is Cc1ccc(C[C@@H]2C[C@@H](F)CN2)cc1F. The molecule has 0 saturated carbocycles. The van der Waals surface area contributed by atoms with Gasteiger partial charge in [-0.2, -0.15) is 0 Å². The standard InChI is InChI=1S/C12H15F2N/c1-8-2-3-9(5-12(8)14)4-11-6-10(13)7-15-11/h2-3,5,10-11,15H,4,6-7H2,1H3/t10-,11-/m1/s1. The van der Waals surface area contributed by atoms with Gasteiger partial charge in [-0.1, -0.05) is 12.1 Å². The second kappa shape index (κ2) is 4.27. The van der Waals surface area contributed by atoms with Crippen LogP contribution in [0.3, 0.4) is 0 Å². The number of nitrogens with one attached hydrogen (secondary N) is 1. The number of hydrogen-bond acceptors (Lipinski definition) is 1. The van der Waals surface area contributed by atoms with Crippen LogP contribution in [0.1, 0.15) is 17.5 Å². The van der Waals surface area contributed by atoms with Crippen LogP contribution in [0.5, 0.6) is 0 Å². The molecule has 1 heterocycles. The fraction of sp³-hybridized carbons (Fsp3) is 0.500. The highest BCUT2D eigenvalue weighted by Gasteiger charge is 2.23. The lowest BCUT2D eigenvalue weighted by atomic mass is 10.0. The molecule has 2 atom stereocenters. The van der Waals surface area contributed by atoms with Crippen LogP contribution in [0.4, 0.5) is 8.78 Å². The second-order valence-corrected chi connectivity index (χ2v) is 4.23. The first-order valence-corrected chi connectivity index (χ1v) is 5.27. The summed E-state index contributed by atoms with van der Waals surface area (Å²) in [5.74, 6) is -0.178. The Morgan fingerprint density at radius 1 is 1.47 bits per heavy atom. The van der Waals surface area contributed by atoms with Crippen LogP contribution >= 0.6 is 0 Å². The summed E-state index contributed by atoms with van der Waals surface area (Å²) in [5.41, 5.74) is 1.59. The summed E-state index contributed by atoms with van der Waals surface area (Å²) in [6, 6.07) is 5.38. The number of benzene rings is 1. The molecule has 0 aromatic heterocycles. The zero-order chi connectivity index (χ0) is 10.8. The van der Waals surface area contributed by atoms with Gasteiger partial charge in [0.15, 0.2) is 0 Å². The fourth-order valence-electron chi connectivity index (χ4n) is 1.97. The van der Waals surface area contributed by atoms with Crippen molar-refractivity contribution < 1.29 is 8.78 Å². The van der Waals surface area contributed by atoms with Gasteiger partial charge in [0.1, 0.15) is 12.0 Å². The molecule has 0 amide bonds. The van der Waals surface area contributed by atoms with Crippen molar-refractivity contribution in [2.75, 3.05) is 6.54 Å². The Kier molecular flexibility index (Phi) is 3.00. The van der Waals surface area contributed by atoms with E-state index < -0.39 is 6.17 Å². The van der Waals surface area contributed by atoms with Crippen LogP contribution in [-0.4, -0.2) is 18.8 Å². The van der Waals surface area contributed by atoms with Crippen molar-refractivity contribution in [1.82, 2.24) is 5.32 Å². The van der Waals surface area contributed by atoms with E-state index in [4.69, 9.17) is 0 Å². The van der Waals surface area contributed by atoms with E-state index in [2.05, 4.69) is 5.32 Å². The third kappa shape index (κ3) is 2.53. The van der Waals surface area contributed by atoms with Crippen LogP contribution in [-0.2, 0) is 6.42 Å². The molecule has 0 unspecified atom stereocenters. The quantitative estimate of drug-likeness (QED) is 0.792. The normalized spacial score (nSPS) is 25.8. The lowest BCUT2D eigenvalue weighted by Gasteiger charge is -2.10. The number of aryl methyl sites for hydroxylation is 1. The van der Waals surface area contributed by atoms with Gasteiger partial charge in [-0.15, -0.1) is 0 Å². The minimum atomic E-state index is -0.745. The van der Waals surface area contributed by atoms with Crippen LogP contribution < -0.4 is 5.32 Å². The molecule has 1 N–H and O–H groups in total. The molecule has 0 spiro atoms. The molecule has 1 fully saturated rings. The molecule has 2 rings (SSSR count). The maximum atomic E-state index is 13.2. The molecule has 82 valence electrons. The van der Waals surface area contributed by atoms with Gasteiger partial charge in [0, 0.05) is 12.6 Å². The predicted molar refractivity (Wildman–Crippen MR) is 56.1 cm³/mol. The summed E-state index contributed by atoms with van der Waals surface area (Å²) in [6.07, 6.45) is 0.498. The molecule has 0 radical (unpaired) electrons. The molecule has 3 heteroatoms. The van der Waals surface area contributed by atoms with E-state index in [0.29, 0.717) is 24.9 Å².